The monoisotopic (exact) mass is 230 g/mol. The normalized spacial score (nSPS) is 21.3. The summed E-state index contributed by atoms with van der Waals surface area (Å²) >= 11 is 0. The summed E-state index contributed by atoms with van der Waals surface area (Å²) < 4.78 is 26.3. The van der Waals surface area contributed by atoms with Crippen molar-refractivity contribution < 1.29 is 8.42 Å². The summed E-state index contributed by atoms with van der Waals surface area (Å²) in [6, 6.07) is 1.98. The van der Waals surface area contributed by atoms with Crippen LogP contribution in [0.5, 0.6) is 0 Å². The van der Waals surface area contributed by atoms with E-state index in [1.54, 1.807) is 6.20 Å². The fraction of sp³-hybridized carbons (Fsp3) is 0.625. The van der Waals surface area contributed by atoms with Crippen LogP contribution >= 0.6 is 0 Å². The molecule has 0 saturated heterocycles. The summed E-state index contributed by atoms with van der Waals surface area (Å²) in [4.78, 5) is 0. The van der Waals surface area contributed by atoms with Gasteiger partial charge in [-0.3, -0.25) is 4.68 Å². The Bertz CT molecular complexity index is 439. The number of aromatic nitrogens is 2. The van der Waals surface area contributed by atoms with Crippen LogP contribution in [0.1, 0.15) is 11.7 Å². The first-order chi connectivity index (χ1) is 7.06. The zero-order valence-electron chi connectivity index (χ0n) is 8.47. The van der Waals surface area contributed by atoms with Crippen molar-refractivity contribution >= 4 is 10.0 Å². The average Bonchev–Trinajstić information content (AvgIpc) is 2.61. The lowest BCUT2D eigenvalue weighted by Gasteiger charge is -2.25. The third kappa shape index (κ3) is 2.55. The van der Waals surface area contributed by atoms with E-state index >= 15 is 0 Å². The second-order valence-corrected chi connectivity index (χ2v) is 5.51. The first kappa shape index (κ1) is 10.6. The van der Waals surface area contributed by atoms with Gasteiger partial charge in [-0.25, -0.2) is 13.1 Å². The predicted octanol–water partition coefficient (Wildman–Crippen LogP) is -0.923. The molecule has 1 aromatic heterocycles. The van der Waals surface area contributed by atoms with Crippen LogP contribution < -0.4 is 10.0 Å². The third-order valence-electron chi connectivity index (χ3n) is 2.37. The summed E-state index contributed by atoms with van der Waals surface area (Å²) in [6.45, 7) is 1.90. The van der Waals surface area contributed by atoms with E-state index < -0.39 is 10.0 Å². The van der Waals surface area contributed by atoms with Crippen LogP contribution in [0.3, 0.4) is 0 Å². The molecular weight excluding hydrogens is 216 g/mol. The molecule has 2 rings (SSSR count). The van der Waals surface area contributed by atoms with Gasteiger partial charge in [0.25, 0.3) is 0 Å². The van der Waals surface area contributed by atoms with Gasteiger partial charge in [0.1, 0.15) is 0 Å². The van der Waals surface area contributed by atoms with Crippen molar-refractivity contribution in [3.8, 4) is 0 Å². The lowest BCUT2D eigenvalue weighted by atomic mass is 10.2. The highest BCUT2D eigenvalue weighted by Crippen LogP contribution is 2.12. The fourth-order valence-corrected chi connectivity index (χ4v) is 2.17. The summed E-state index contributed by atoms with van der Waals surface area (Å²) in [5.41, 5.74) is 1.08. The van der Waals surface area contributed by atoms with E-state index in [-0.39, 0.29) is 6.04 Å². The summed E-state index contributed by atoms with van der Waals surface area (Å²) in [5.74, 6) is 0. The average molecular weight is 230 g/mol. The fourth-order valence-electron chi connectivity index (χ4n) is 1.67. The predicted molar refractivity (Wildman–Crippen MR) is 55.8 cm³/mol. The van der Waals surface area contributed by atoms with Crippen molar-refractivity contribution in [3.05, 3.63) is 18.0 Å². The van der Waals surface area contributed by atoms with Gasteiger partial charge in [0.05, 0.1) is 18.0 Å². The molecule has 0 spiro atoms. The Morgan fingerprint density at radius 1 is 1.73 bits per heavy atom. The molecule has 7 heteroatoms. The van der Waals surface area contributed by atoms with Crippen molar-refractivity contribution in [2.75, 3.05) is 19.3 Å². The second-order valence-electron chi connectivity index (χ2n) is 3.67. The van der Waals surface area contributed by atoms with Crippen LogP contribution in [-0.2, 0) is 16.6 Å². The number of fused-ring (bicyclic) bond motifs is 1. The van der Waals surface area contributed by atoms with Crippen molar-refractivity contribution in [1.29, 1.82) is 0 Å². The molecule has 0 aliphatic carbocycles. The van der Waals surface area contributed by atoms with E-state index in [1.807, 2.05) is 10.7 Å². The smallest absolute Gasteiger partial charge is 0.208 e. The minimum atomic E-state index is -3.13. The summed E-state index contributed by atoms with van der Waals surface area (Å²) in [6.07, 6.45) is 2.89. The molecule has 0 saturated carbocycles. The molecule has 2 N–H and O–H groups in total. The minimum absolute atomic E-state index is 0.0541. The molecule has 0 aromatic carbocycles. The second kappa shape index (κ2) is 3.92. The highest BCUT2D eigenvalue weighted by atomic mass is 32.2. The van der Waals surface area contributed by atoms with Crippen LogP contribution in [0.15, 0.2) is 12.3 Å². The van der Waals surface area contributed by atoms with Gasteiger partial charge in [-0.05, 0) is 6.07 Å². The number of nitrogens with one attached hydrogen (secondary N) is 2. The Morgan fingerprint density at radius 3 is 3.27 bits per heavy atom. The van der Waals surface area contributed by atoms with Gasteiger partial charge in [0, 0.05) is 25.8 Å². The molecule has 84 valence electrons. The maximum atomic E-state index is 11.0. The number of sulfonamides is 1. The van der Waals surface area contributed by atoms with Gasteiger partial charge in [0.15, 0.2) is 0 Å². The summed E-state index contributed by atoms with van der Waals surface area (Å²) in [7, 11) is -3.13. The number of rotatable bonds is 3. The number of hydrogen-bond donors (Lipinski definition) is 2. The van der Waals surface area contributed by atoms with Crippen LogP contribution in [0.25, 0.3) is 0 Å². The number of hydrogen-bond acceptors (Lipinski definition) is 4. The van der Waals surface area contributed by atoms with E-state index in [4.69, 9.17) is 0 Å². The minimum Gasteiger partial charge on any atom is -0.309 e. The van der Waals surface area contributed by atoms with Crippen LogP contribution in [-0.4, -0.2) is 37.5 Å². The van der Waals surface area contributed by atoms with Crippen molar-refractivity contribution in [1.82, 2.24) is 19.8 Å². The molecule has 2 heterocycles. The highest BCUT2D eigenvalue weighted by Gasteiger charge is 2.20. The van der Waals surface area contributed by atoms with Crippen molar-refractivity contribution in [2.45, 2.75) is 12.6 Å². The van der Waals surface area contributed by atoms with E-state index in [1.165, 1.54) is 0 Å². The molecular formula is C8H14N4O2S. The molecule has 1 aromatic rings. The van der Waals surface area contributed by atoms with Crippen LogP contribution in [0.2, 0.25) is 0 Å². The zero-order chi connectivity index (χ0) is 10.9. The maximum Gasteiger partial charge on any atom is 0.208 e. The molecule has 0 amide bonds. The molecule has 1 unspecified atom stereocenters. The molecule has 15 heavy (non-hydrogen) atoms. The quantitative estimate of drug-likeness (QED) is 0.704. The SMILES string of the molecule is CS(=O)(=O)NCC1CNCc2ccnn21. The Hall–Kier alpha value is -0.920. The first-order valence-corrected chi connectivity index (χ1v) is 6.63. The van der Waals surface area contributed by atoms with Crippen LogP contribution in [0.4, 0.5) is 0 Å². The standard InChI is InChI=1S/C8H14N4O2S/c1-15(13,14)11-6-8-5-9-4-7-2-3-10-12(7)8/h2-3,8-9,11H,4-6H2,1H3. The molecule has 1 aliphatic rings. The van der Waals surface area contributed by atoms with E-state index in [2.05, 4.69) is 15.1 Å². The lowest BCUT2D eigenvalue weighted by molar-refractivity contribution is 0.365. The third-order valence-corrected chi connectivity index (χ3v) is 3.06. The van der Waals surface area contributed by atoms with Gasteiger partial charge in [-0.2, -0.15) is 5.10 Å². The Balaban J connectivity index is 2.07. The first-order valence-electron chi connectivity index (χ1n) is 4.74. The van der Waals surface area contributed by atoms with Gasteiger partial charge in [0.2, 0.25) is 10.0 Å². The highest BCUT2D eigenvalue weighted by molar-refractivity contribution is 7.88. The Kier molecular flexibility index (Phi) is 2.76. The molecule has 6 nitrogen and oxygen atoms in total. The van der Waals surface area contributed by atoms with E-state index in [0.717, 1.165) is 25.0 Å². The van der Waals surface area contributed by atoms with Crippen molar-refractivity contribution in [3.63, 3.8) is 0 Å². The molecule has 1 aliphatic heterocycles. The molecule has 0 radical (unpaired) electrons. The summed E-state index contributed by atoms with van der Waals surface area (Å²) in [5, 5.41) is 7.40. The molecule has 0 bridgehead atoms. The number of nitrogens with zero attached hydrogens (tertiary/aromatic N) is 2. The van der Waals surface area contributed by atoms with E-state index in [0.29, 0.717) is 6.54 Å². The van der Waals surface area contributed by atoms with Gasteiger partial charge >= 0.3 is 0 Å². The van der Waals surface area contributed by atoms with Gasteiger partial charge in [-0.1, -0.05) is 0 Å². The zero-order valence-corrected chi connectivity index (χ0v) is 9.29. The maximum absolute atomic E-state index is 11.0. The Labute approximate surface area is 88.7 Å². The van der Waals surface area contributed by atoms with Gasteiger partial charge < -0.3 is 5.32 Å². The lowest BCUT2D eigenvalue weighted by Crippen LogP contribution is -2.40. The Morgan fingerprint density at radius 2 is 2.53 bits per heavy atom. The van der Waals surface area contributed by atoms with Crippen molar-refractivity contribution in [2.24, 2.45) is 0 Å². The van der Waals surface area contributed by atoms with E-state index in [9.17, 15) is 8.42 Å². The van der Waals surface area contributed by atoms with Crippen LogP contribution in [0, 0.1) is 0 Å². The largest absolute Gasteiger partial charge is 0.309 e. The molecule has 0 fully saturated rings. The topological polar surface area (TPSA) is 76.0 Å². The molecule has 1 atom stereocenters. The van der Waals surface area contributed by atoms with Gasteiger partial charge in [-0.15, -0.1) is 0 Å².